The minimum Gasteiger partial charge on any atom is -0.444 e. The van der Waals surface area contributed by atoms with Gasteiger partial charge in [0.05, 0.1) is 11.9 Å². The average molecular weight is 483 g/mol. The molecular weight excluding hydrogens is 448 g/mol. The molecule has 0 unspecified atom stereocenters. The van der Waals surface area contributed by atoms with Crippen molar-refractivity contribution >= 4 is 33.2 Å². The van der Waals surface area contributed by atoms with E-state index in [0.717, 1.165) is 65.8 Å². The number of nitrogens with one attached hydrogen (secondary N) is 1. The highest BCUT2D eigenvalue weighted by atomic mass is 32.1. The average Bonchev–Trinajstić information content (AvgIpc) is 3.32. The van der Waals surface area contributed by atoms with Gasteiger partial charge in [-0.2, -0.15) is 0 Å². The Balaban J connectivity index is 1.19. The van der Waals surface area contributed by atoms with Gasteiger partial charge in [0.25, 0.3) is 0 Å². The lowest BCUT2D eigenvalue weighted by Crippen LogP contribution is -2.53. The maximum atomic E-state index is 12.4. The van der Waals surface area contributed by atoms with Crippen LogP contribution in [0, 0.1) is 5.41 Å². The number of benzene rings is 1. The summed E-state index contributed by atoms with van der Waals surface area (Å²) in [5.74, 6) is 0. The molecule has 1 aliphatic carbocycles. The standard InChI is InChI=1S/C25H34N6O2S/c1-24(2,3)33-23(32)30-11-9-25(10-12-30)14-18(15-25)27-21-28-31-20(16-26-22(31)34-21)17-7-6-8-19(13-17)29(4)5/h6-8,13,16,18H,9-12,14-15H2,1-5H3,(H,27,28). The number of piperidine rings is 1. The van der Waals surface area contributed by atoms with Crippen LogP contribution in [0.25, 0.3) is 16.2 Å². The first kappa shape index (κ1) is 23.0. The van der Waals surface area contributed by atoms with Crippen LogP contribution in [0.4, 0.5) is 15.6 Å². The summed E-state index contributed by atoms with van der Waals surface area (Å²) in [6, 6.07) is 8.85. The van der Waals surface area contributed by atoms with Crippen molar-refractivity contribution in [1.82, 2.24) is 19.5 Å². The van der Waals surface area contributed by atoms with E-state index in [9.17, 15) is 4.79 Å². The zero-order chi connectivity index (χ0) is 24.1. The fraction of sp³-hybridized carbons (Fsp3) is 0.560. The second-order valence-corrected chi connectivity index (χ2v) is 11.9. The van der Waals surface area contributed by atoms with Crippen molar-refractivity contribution in [3.63, 3.8) is 0 Å². The molecule has 5 rings (SSSR count). The lowest BCUT2D eigenvalue weighted by atomic mass is 9.60. The van der Waals surface area contributed by atoms with Crippen molar-refractivity contribution < 1.29 is 9.53 Å². The molecule has 1 amide bonds. The van der Waals surface area contributed by atoms with Crippen LogP contribution in [0.1, 0.15) is 46.5 Å². The van der Waals surface area contributed by atoms with Gasteiger partial charge in [0.15, 0.2) is 0 Å². The highest BCUT2D eigenvalue weighted by Crippen LogP contribution is 2.50. The van der Waals surface area contributed by atoms with Gasteiger partial charge < -0.3 is 19.9 Å². The molecule has 0 bridgehead atoms. The number of ether oxygens (including phenoxy) is 1. The van der Waals surface area contributed by atoms with E-state index in [1.807, 2.05) is 50.5 Å². The molecule has 9 heteroatoms. The minimum absolute atomic E-state index is 0.186. The number of anilines is 2. The fourth-order valence-electron chi connectivity index (χ4n) is 5.05. The Morgan fingerprint density at radius 3 is 2.65 bits per heavy atom. The summed E-state index contributed by atoms with van der Waals surface area (Å²) < 4.78 is 7.48. The number of hydrogen-bond donors (Lipinski definition) is 1. The van der Waals surface area contributed by atoms with Gasteiger partial charge in [-0.25, -0.2) is 14.3 Å². The molecule has 1 saturated heterocycles. The Morgan fingerprint density at radius 2 is 1.97 bits per heavy atom. The molecule has 1 aliphatic heterocycles. The van der Waals surface area contributed by atoms with Crippen molar-refractivity contribution in [3.8, 4) is 11.3 Å². The lowest BCUT2D eigenvalue weighted by Gasteiger charge is -2.52. The maximum absolute atomic E-state index is 12.4. The van der Waals surface area contributed by atoms with Gasteiger partial charge in [0.2, 0.25) is 10.1 Å². The number of amides is 1. The Morgan fingerprint density at radius 1 is 1.24 bits per heavy atom. The van der Waals surface area contributed by atoms with Crippen LogP contribution in [0.15, 0.2) is 30.5 Å². The predicted octanol–water partition coefficient (Wildman–Crippen LogP) is 5.12. The summed E-state index contributed by atoms with van der Waals surface area (Å²) in [7, 11) is 4.09. The van der Waals surface area contributed by atoms with E-state index in [4.69, 9.17) is 9.84 Å². The SMILES string of the molecule is CN(C)c1cccc(-c2cnc3sc(NC4CC5(CCN(C(=O)OC(C)(C)C)CC5)C4)nn23)c1. The number of carbonyl (C=O) groups is 1. The van der Waals surface area contributed by atoms with Gasteiger partial charge in [0, 0.05) is 44.5 Å². The van der Waals surface area contributed by atoms with Gasteiger partial charge in [0.1, 0.15) is 5.60 Å². The molecule has 3 heterocycles. The van der Waals surface area contributed by atoms with Crippen LogP contribution in [-0.2, 0) is 4.74 Å². The topological polar surface area (TPSA) is 75.0 Å². The molecular formula is C25H34N6O2S. The first-order valence-electron chi connectivity index (χ1n) is 12.0. The number of fused-ring (bicyclic) bond motifs is 1. The van der Waals surface area contributed by atoms with Crippen molar-refractivity contribution in [2.24, 2.45) is 5.41 Å². The summed E-state index contributed by atoms with van der Waals surface area (Å²) in [4.78, 5) is 21.8. The highest BCUT2D eigenvalue weighted by molar-refractivity contribution is 7.20. The van der Waals surface area contributed by atoms with Crippen molar-refractivity contribution in [3.05, 3.63) is 30.5 Å². The molecule has 0 atom stereocenters. The highest BCUT2D eigenvalue weighted by Gasteiger charge is 2.47. The van der Waals surface area contributed by atoms with Gasteiger partial charge in [-0.3, -0.25) is 0 Å². The van der Waals surface area contributed by atoms with Crippen LogP contribution in [0.3, 0.4) is 0 Å². The molecule has 1 aromatic carbocycles. The summed E-state index contributed by atoms with van der Waals surface area (Å²) in [5.41, 5.74) is 3.15. The lowest BCUT2D eigenvalue weighted by molar-refractivity contribution is -0.00860. The molecule has 2 aliphatic rings. The van der Waals surface area contributed by atoms with E-state index in [1.165, 1.54) is 0 Å². The number of imidazole rings is 1. The second kappa shape index (κ2) is 8.45. The van der Waals surface area contributed by atoms with E-state index in [2.05, 4.69) is 39.5 Å². The Labute approximate surface area is 204 Å². The van der Waals surface area contributed by atoms with Crippen LogP contribution >= 0.6 is 11.3 Å². The molecule has 1 saturated carbocycles. The summed E-state index contributed by atoms with van der Waals surface area (Å²) >= 11 is 1.60. The van der Waals surface area contributed by atoms with Gasteiger partial charge in [-0.15, -0.1) is 5.10 Å². The van der Waals surface area contributed by atoms with Gasteiger partial charge in [-0.05, 0) is 64.0 Å². The maximum Gasteiger partial charge on any atom is 0.410 e. The van der Waals surface area contributed by atoms with Crippen molar-refractivity contribution in [2.45, 2.75) is 58.1 Å². The molecule has 1 N–H and O–H groups in total. The number of carbonyl (C=O) groups excluding carboxylic acids is 1. The molecule has 8 nitrogen and oxygen atoms in total. The monoisotopic (exact) mass is 482 g/mol. The molecule has 3 aromatic rings. The Kier molecular flexibility index (Phi) is 5.70. The molecule has 0 radical (unpaired) electrons. The largest absolute Gasteiger partial charge is 0.444 e. The normalized spacial score (nSPS) is 18.2. The van der Waals surface area contributed by atoms with E-state index < -0.39 is 5.60 Å². The summed E-state index contributed by atoms with van der Waals surface area (Å²) in [5, 5.41) is 9.37. The minimum atomic E-state index is -0.444. The molecule has 2 fully saturated rings. The van der Waals surface area contributed by atoms with Crippen LogP contribution in [0.2, 0.25) is 0 Å². The summed E-state index contributed by atoms with van der Waals surface area (Å²) in [6.45, 7) is 7.30. The van der Waals surface area contributed by atoms with E-state index >= 15 is 0 Å². The number of hydrogen-bond acceptors (Lipinski definition) is 7. The quantitative estimate of drug-likeness (QED) is 0.557. The fourth-order valence-corrected chi connectivity index (χ4v) is 5.90. The van der Waals surface area contributed by atoms with Gasteiger partial charge in [-0.1, -0.05) is 23.5 Å². The van der Waals surface area contributed by atoms with Crippen LogP contribution < -0.4 is 10.2 Å². The molecule has 1 spiro atoms. The third-order valence-corrected chi connectivity index (χ3v) is 7.76. The van der Waals surface area contributed by atoms with Crippen molar-refractivity contribution in [1.29, 1.82) is 0 Å². The predicted molar refractivity (Wildman–Crippen MR) is 137 cm³/mol. The van der Waals surface area contributed by atoms with Crippen LogP contribution in [-0.4, -0.2) is 64.4 Å². The van der Waals surface area contributed by atoms with Crippen molar-refractivity contribution in [2.75, 3.05) is 37.4 Å². The smallest absolute Gasteiger partial charge is 0.410 e. The second-order valence-electron chi connectivity index (χ2n) is 10.9. The third kappa shape index (κ3) is 4.58. The van der Waals surface area contributed by atoms with Gasteiger partial charge >= 0.3 is 6.09 Å². The zero-order valence-electron chi connectivity index (χ0n) is 20.7. The first-order valence-corrected chi connectivity index (χ1v) is 12.8. The van der Waals surface area contributed by atoms with E-state index in [-0.39, 0.29) is 6.09 Å². The number of aromatic nitrogens is 3. The number of nitrogens with zero attached hydrogens (tertiary/aromatic N) is 5. The molecule has 34 heavy (non-hydrogen) atoms. The van der Waals surface area contributed by atoms with Crippen LogP contribution in [0.5, 0.6) is 0 Å². The molecule has 182 valence electrons. The number of rotatable bonds is 4. The Bertz CT molecular complexity index is 1180. The zero-order valence-corrected chi connectivity index (χ0v) is 21.5. The summed E-state index contributed by atoms with van der Waals surface area (Å²) in [6.07, 6.45) is 6.03. The van der Waals surface area contributed by atoms with E-state index in [1.54, 1.807) is 11.3 Å². The first-order chi connectivity index (χ1) is 16.1. The van der Waals surface area contributed by atoms with E-state index in [0.29, 0.717) is 11.5 Å². The third-order valence-electron chi connectivity index (χ3n) is 6.91. The number of likely N-dealkylation sites (tertiary alicyclic amines) is 1. The Hall–Kier alpha value is -2.81. The molecule has 2 aromatic heterocycles.